The molecule has 6 aromatic rings. The van der Waals surface area contributed by atoms with Crippen molar-refractivity contribution in [2.24, 2.45) is 0 Å². The molecule has 0 bridgehead atoms. The lowest BCUT2D eigenvalue weighted by Crippen LogP contribution is -1.87. The second-order valence-electron chi connectivity index (χ2n) is 18.0. The molecule has 7 heteroatoms. The SMILES string of the molecule is CCCCCCCCc1ccsc1-c1cc(CCCCCCCC)c(-c2ccc(-c3ccc(-c4sc(-c5sc(Br)cc5CCCCCCCC)cc4CCCCCCCC)s3)s2)s1. The van der Waals surface area contributed by atoms with Crippen LogP contribution in [0, 0.1) is 0 Å². The van der Waals surface area contributed by atoms with Gasteiger partial charge in [0.25, 0.3) is 0 Å². The Morgan fingerprint density at radius 2 is 0.667 bits per heavy atom. The van der Waals surface area contributed by atoms with Gasteiger partial charge in [0.05, 0.1) is 3.79 Å². The highest BCUT2D eigenvalue weighted by Crippen LogP contribution is 2.50. The van der Waals surface area contributed by atoms with E-state index < -0.39 is 0 Å². The molecule has 0 radical (unpaired) electrons. The van der Waals surface area contributed by atoms with E-state index in [1.165, 1.54) is 232 Å². The number of unbranched alkanes of at least 4 members (excludes halogenated alkanes) is 20. The van der Waals surface area contributed by atoms with E-state index in [1.54, 1.807) is 22.3 Å². The molecule has 63 heavy (non-hydrogen) atoms. The Morgan fingerprint density at radius 3 is 1.11 bits per heavy atom. The number of thiophene rings is 6. The summed E-state index contributed by atoms with van der Waals surface area (Å²) in [4.78, 5) is 14.8. The molecule has 6 rings (SSSR count). The van der Waals surface area contributed by atoms with Gasteiger partial charge < -0.3 is 0 Å². The summed E-state index contributed by atoms with van der Waals surface area (Å²) in [7, 11) is 0. The highest BCUT2D eigenvalue weighted by atomic mass is 79.9. The molecule has 0 aliphatic heterocycles. The van der Waals surface area contributed by atoms with E-state index in [1.807, 2.05) is 45.3 Å². The van der Waals surface area contributed by atoms with Crippen LogP contribution < -0.4 is 0 Å². The van der Waals surface area contributed by atoms with Crippen molar-refractivity contribution in [2.75, 3.05) is 0 Å². The lowest BCUT2D eigenvalue weighted by atomic mass is 10.0. The second kappa shape index (κ2) is 28.8. The zero-order chi connectivity index (χ0) is 44.1. The molecule has 0 unspecified atom stereocenters. The molecule has 0 aromatic carbocycles. The maximum atomic E-state index is 3.90. The average Bonchev–Trinajstić information content (AvgIpc) is 4.15. The molecule has 0 atom stereocenters. The quantitative estimate of drug-likeness (QED) is 0.0360. The minimum Gasteiger partial charge on any atom is -0.143 e. The van der Waals surface area contributed by atoms with E-state index >= 15 is 0 Å². The van der Waals surface area contributed by atoms with Gasteiger partial charge in [0, 0.05) is 48.8 Å². The first kappa shape index (κ1) is 51.1. The van der Waals surface area contributed by atoms with Gasteiger partial charge in [-0.15, -0.1) is 68.0 Å². The normalized spacial score (nSPS) is 11.8. The van der Waals surface area contributed by atoms with E-state index in [0.717, 1.165) is 0 Å². The number of aryl methyl sites for hydroxylation is 4. The largest absolute Gasteiger partial charge is 0.143 e. The predicted octanol–water partition coefficient (Wildman–Crippen LogP) is 22.8. The fourth-order valence-corrected chi connectivity index (χ4v) is 16.7. The van der Waals surface area contributed by atoms with Crippen molar-refractivity contribution in [3.8, 4) is 48.8 Å². The molecule has 0 saturated carbocycles. The number of rotatable bonds is 33. The third-order valence-corrected chi connectivity index (χ3v) is 20.8. The molecule has 6 aromatic heterocycles. The zero-order valence-corrected chi connectivity index (χ0v) is 45.8. The Balaban J connectivity index is 1.22. The van der Waals surface area contributed by atoms with Crippen LogP contribution in [0.25, 0.3) is 48.8 Å². The summed E-state index contributed by atoms with van der Waals surface area (Å²) in [6.45, 7) is 9.27. The summed E-state index contributed by atoms with van der Waals surface area (Å²) in [5.74, 6) is 0. The van der Waals surface area contributed by atoms with Crippen LogP contribution in [0.2, 0.25) is 0 Å². The van der Waals surface area contributed by atoms with Crippen LogP contribution in [0.15, 0.2) is 57.7 Å². The van der Waals surface area contributed by atoms with Crippen molar-refractivity contribution in [1.29, 1.82) is 0 Å². The number of halogens is 1. The lowest BCUT2D eigenvalue weighted by molar-refractivity contribution is 0.608. The Kier molecular flexibility index (Phi) is 23.3. The molecule has 0 nitrogen and oxygen atoms in total. The van der Waals surface area contributed by atoms with Gasteiger partial charge in [0.2, 0.25) is 0 Å². The minimum absolute atomic E-state index is 1.18. The average molecular weight is 1020 g/mol. The summed E-state index contributed by atoms with van der Waals surface area (Å²) in [6.07, 6.45) is 37.1. The second-order valence-corrected chi connectivity index (χ2v) is 25.6. The van der Waals surface area contributed by atoms with Crippen LogP contribution in [-0.4, -0.2) is 0 Å². The van der Waals surface area contributed by atoms with Gasteiger partial charge in [-0.25, -0.2) is 0 Å². The van der Waals surface area contributed by atoms with Crippen LogP contribution in [-0.2, 0) is 25.7 Å². The molecule has 0 spiro atoms. The van der Waals surface area contributed by atoms with Gasteiger partial charge >= 0.3 is 0 Å². The van der Waals surface area contributed by atoms with Gasteiger partial charge in [0.15, 0.2) is 0 Å². The third kappa shape index (κ3) is 15.9. The fraction of sp³-hybridized carbons (Fsp3) is 0.571. The van der Waals surface area contributed by atoms with Crippen molar-refractivity contribution >= 4 is 84.0 Å². The highest BCUT2D eigenvalue weighted by Gasteiger charge is 2.21. The minimum atomic E-state index is 1.18. The molecule has 0 amide bonds. The smallest absolute Gasteiger partial charge is 0.0708 e. The molecule has 0 aliphatic rings. The van der Waals surface area contributed by atoms with Crippen molar-refractivity contribution in [2.45, 2.75) is 207 Å². The standard InChI is InChI=1S/C56H77BrS6/c1-5-9-13-17-21-25-29-42-37-38-58-53(42)50-39-43(30-26-22-18-14-10-6-2)54(61-50)48-35-33-46(59-48)47-34-36-49(60-47)55-44(31-27-23-19-15-11-7-3)40-51(62-55)56-45(41-52(57)63-56)32-28-24-20-16-12-8-4/h33-41H,5-32H2,1-4H3. The number of hydrogen-bond acceptors (Lipinski definition) is 6. The Morgan fingerprint density at radius 1 is 0.317 bits per heavy atom. The molecule has 0 fully saturated rings. The molecular formula is C56H77BrS6. The van der Waals surface area contributed by atoms with E-state index in [9.17, 15) is 0 Å². The summed E-state index contributed by atoms with van der Waals surface area (Å²) < 4.78 is 1.27. The first-order valence-electron chi connectivity index (χ1n) is 25.3. The van der Waals surface area contributed by atoms with Gasteiger partial charge in [-0.3, -0.25) is 0 Å². The van der Waals surface area contributed by atoms with Gasteiger partial charge in [-0.1, -0.05) is 156 Å². The Hall–Kier alpha value is -1.32. The van der Waals surface area contributed by atoms with Gasteiger partial charge in [0.1, 0.15) is 0 Å². The molecule has 0 N–H and O–H groups in total. The van der Waals surface area contributed by atoms with Crippen molar-refractivity contribution in [3.63, 3.8) is 0 Å². The Labute approximate surface area is 416 Å². The van der Waals surface area contributed by atoms with Gasteiger partial charge in [-0.2, -0.15) is 0 Å². The summed E-state index contributed by atoms with van der Waals surface area (Å²) in [6, 6.07) is 19.7. The molecule has 0 aliphatic carbocycles. The van der Waals surface area contributed by atoms with Gasteiger partial charge in [-0.05, 0) is 143 Å². The third-order valence-electron chi connectivity index (χ3n) is 12.7. The van der Waals surface area contributed by atoms with Crippen molar-refractivity contribution in [1.82, 2.24) is 0 Å². The molecular weight excluding hydrogens is 945 g/mol. The topological polar surface area (TPSA) is 0 Å². The Bertz CT molecular complexity index is 2150. The van der Waals surface area contributed by atoms with Crippen LogP contribution >= 0.6 is 84.0 Å². The summed E-state index contributed by atoms with van der Waals surface area (Å²) in [5, 5.41) is 2.34. The van der Waals surface area contributed by atoms with Crippen LogP contribution in [0.1, 0.15) is 204 Å². The van der Waals surface area contributed by atoms with E-state index in [2.05, 4.69) is 120 Å². The monoisotopic (exact) mass is 1020 g/mol. The zero-order valence-electron chi connectivity index (χ0n) is 39.3. The van der Waals surface area contributed by atoms with E-state index in [-0.39, 0.29) is 0 Å². The fourth-order valence-electron chi connectivity index (χ4n) is 8.98. The van der Waals surface area contributed by atoms with E-state index in [0.29, 0.717) is 0 Å². The maximum Gasteiger partial charge on any atom is 0.0708 e. The van der Waals surface area contributed by atoms with Crippen molar-refractivity contribution < 1.29 is 0 Å². The van der Waals surface area contributed by atoms with Crippen LogP contribution in [0.5, 0.6) is 0 Å². The number of hydrogen-bond donors (Lipinski definition) is 0. The maximum absolute atomic E-state index is 3.90. The molecule has 344 valence electrons. The lowest BCUT2D eigenvalue weighted by Gasteiger charge is -2.03. The summed E-state index contributed by atoms with van der Waals surface area (Å²) >= 11 is 16.0. The van der Waals surface area contributed by atoms with E-state index in [4.69, 9.17) is 0 Å². The molecule has 6 heterocycles. The summed E-state index contributed by atoms with van der Waals surface area (Å²) in [5.41, 5.74) is 6.25. The molecule has 0 saturated heterocycles. The predicted molar refractivity (Wildman–Crippen MR) is 297 cm³/mol. The first-order chi connectivity index (χ1) is 31.0. The highest BCUT2D eigenvalue weighted by molar-refractivity contribution is 9.11. The first-order valence-corrected chi connectivity index (χ1v) is 31.1. The van der Waals surface area contributed by atoms with Crippen LogP contribution in [0.4, 0.5) is 0 Å². The van der Waals surface area contributed by atoms with Crippen LogP contribution in [0.3, 0.4) is 0 Å². The van der Waals surface area contributed by atoms with Crippen molar-refractivity contribution in [3.05, 3.63) is 80.0 Å².